The summed E-state index contributed by atoms with van der Waals surface area (Å²) in [4.78, 5) is 1.74. The van der Waals surface area contributed by atoms with Gasteiger partial charge in [0, 0.05) is 29.8 Å². The van der Waals surface area contributed by atoms with Gasteiger partial charge in [0.2, 0.25) is 0 Å². The quantitative estimate of drug-likeness (QED) is 0.122. The molecule has 0 radical (unpaired) electrons. The highest BCUT2D eigenvalue weighted by Crippen LogP contribution is 2.34. The molecule has 0 atom stereocenters. The highest BCUT2D eigenvalue weighted by Gasteiger charge is 2.33. The summed E-state index contributed by atoms with van der Waals surface area (Å²) in [7, 11) is -7.46. The molecule has 0 aliphatic rings. The maximum Gasteiger partial charge on any atom is 0.310 e. The van der Waals surface area contributed by atoms with Crippen molar-refractivity contribution >= 4 is 25.6 Å². The van der Waals surface area contributed by atoms with Crippen LogP contribution in [0.5, 0.6) is 11.5 Å². The second kappa shape index (κ2) is 14.7. The Morgan fingerprint density at radius 3 is 1.91 bits per heavy atom. The van der Waals surface area contributed by atoms with E-state index in [1.165, 1.54) is 0 Å². The van der Waals surface area contributed by atoms with E-state index in [1.54, 1.807) is 55.1 Å². The van der Waals surface area contributed by atoms with Crippen LogP contribution in [0.4, 0.5) is 5.69 Å². The molecule has 0 spiro atoms. The molecule has 0 heterocycles. The smallest absolute Gasteiger partial charge is 0.310 e. The lowest BCUT2D eigenvalue weighted by Gasteiger charge is -2.29. The molecule has 3 rings (SSSR count). The topological polar surface area (TPSA) is 90.0 Å². The van der Waals surface area contributed by atoms with E-state index in [9.17, 15) is 16.8 Å². The zero-order valence-electron chi connectivity index (χ0n) is 27.5. The summed E-state index contributed by atoms with van der Waals surface area (Å²) in [6.07, 6.45) is 6.97. The Morgan fingerprint density at radius 2 is 1.38 bits per heavy atom. The van der Waals surface area contributed by atoms with Crippen molar-refractivity contribution < 1.29 is 25.8 Å². The minimum absolute atomic E-state index is 0.0295. The average molecular weight is 654 g/mol. The van der Waals surface area contributed by atoms with E-state index in [2.05, 4.69) is 19.8 Å². The van der Waals surface area contributed by atoms with Gasteiger partial charge in [0.15, 0.2) is 9.84 Å². The first-order chi connectivity index (χ1) is 21.0. The first-order valence-electron chi connectivity index (χ1n) is 15.3. The van der Waals surface area contributed by atoms with Gasteiger partial charge in [0.25, 0.3) is 0 Å². The van der Waals surface area contributed by atoms with Crippen LogP contribution in [0.2, 0.25) is 0 Å². The molecule has 0 aromatic heterocycles. The molecule has 3 aromatic carbocycles. The standard InChI is InChI=1S/C36H47NO6S2/c1-9-22-35(5,6)44(38,39)25-23-37(32-13-11-12-29(10-2)27-32)24-26-45(40,41)43-34-20-16-31(17-21-34)36(7,8)30-14-18-33(19-15-30)42-28(3)4/h2,11-21,27-28H,9,22-26H2,1,3-8H3. The number of terminal acetylenes is 1. The van der Waals surface area contributed by atoms with Gasteiger partial charge in [-0.05, 0) is 87.7 Å². The molecule has 0 bridgehead atoms. The normalized spacial score (nSPS) is 12.5. The van der Waals surface area contributed by atoms with Gasteiger partial charge in [-0.3, -0.25) is 0 Å². The van der Waals surface area contributed by atoms with Crippen molar-refractivity contribution in [3.63, 3.8) is 0 Å². The Kier molecular flexibility index (Phi) is 11.8. The van der Waals surface area contributed by atoms with Crippen LogP contribution < -0.4 is 13.8 Å². The molecule has 9 heteroatoms. The Labute approximate surface area is 271 Å². The summed E-state index contributed by atoms with van der Waals surface area (Å²) >= 11 is 0. The Morgan fingerprint density at radius 1 is 0.822 bits per heavy atom. The van der Waals surface area contributed by atoms with Crippen LogP contribution in [0, 0.1) is 12.3 Å². The third-order valence-corrected chi connectivity index (χ3v) is 11.8. The fourth-order valence-electron chi connectivity index (χ4n) is 5.15. The van der Waals surface area contributed by atoms with Gasteiger partial charge in [-0.2, -0.15) is 8.42 Å². The van der Waals surface area contributed by atoms with E-state index in [0.29, 0.717) is 17.7 Å². The molecule has 0 aliphatic heterocycles. The van der Waals surface area contributed by atoms with Gasteiger partial charge in [-0.15, -0.1) is 6.42 Å². The molecular weight excluding hydrogens is 607 g/mol. The third-order valence-electron chi connectivity index (χ3n) is 8.06. The van der Waals surface area contributed by atoms with E-state index in [1.807, 2.05) is 57.2 Å². The number of sulfone groups is 1. The largest absolute Gasteiger partial charge is 0.491 e. The molecule has 3 aromatic rings. The molecule has 0 aliphatic carbocycles. The van der Waals surface area contributed by atoms with Crippen molar-refractivity contribution in [3.05, 3.63) is 89.5 Å². The van der Waals surface area contributed by atoms with Crippen LogP contribution in [-0.2, 0) is 25.4 Å². The summed E-state index contributed by atoms with van der Waals surface area (Å²) in [6, 6.07) is 22.1. The van der Waals surface area contributed by atoms with Crippen LogP contribution in [-0.4, -0.2) is 52.3 Å². The highest BCUT2D eigenvalue weighted by molar-refractivity contribution is 7.92. The van der Waals surface area contributed by atoms with E-state index in [4.69, 9.17) is 15.3 Å². The summed E-state index contributed by atoms with van der Waals surface area (Å²) in [6.45, 7) is 13.7. The van der Waals surface area contributed by atoms with Gasteiger partial charge < -0.3 is 13.8 Å². The molecule has 0 amide bonds. The molecular formula is C36H47NO6S2. The van der Waals surface area contributed by atoms with Crippen molar-refractivity contribution in [1.82, 2.24) is 0 Å². The average Bonchev–Trinajstić information content (AvgIpc) is 2.97. The predicted molar refractivity (Wildman–Crippen MR) is 185 cm³/mol. The maximum atomic E-state index is 13.2. The molecule has 0 saturated carbocycles. The number of hydrogen-bond donors (Lipinski definition) is 0. The Balaban J connectivity index is 1.73. The summed E-state index contributed by atoms with van der Waals surface area (Å²) in [5, 5.41) is 0. The predicted octanol–water partition coefficient (Wildman–Crippen LogP) is 6.99. The van der Waals surface area contributed by atoms with Crippen molar-refractivity contribution in [2.45, 2.75) is 77.6 Å². The molecule has 7 nitrogen and oxygen atoms in total. The molecule has 0 saturated heterocycles. The minimum Gasteiger partial charge on any atom is -0.491 e. The molecule has 0 fully saturated rings. The summed E-state index contributed by atoms with van der Waals surface area (Å²) in [5.41, 5.74) is 3.02. The second-order valence-electron chi connectivity index (χ2n) is 12.7. The van der Waals surface area contributed by atoms with Crippen LogP contribution >= 0.6 is 0 Å². The molecule has 45 heavy (non-hydrogen) atoms. The number of ether oxygens (including phenoxy) is 1. The van der Waals surface area contributed by atoms with Crippen LogP contribution in [0.25, 0.3) is 0 Å². The SMILES string of the molecule is C#Cc1cccc(N(CCS(=O)(=O)Oc2ccc(C(C)(C)c3ccc(OC(C)C)cc3)cc2)CCS(=O)(=O)C(C)(C)CCC)c1. The van der Waals surface area contributed by atoms with E-state index >= 15 is 0 Å². The number of nitrogens with zero attached hydrogens (tertiary/aromatic N) is 1. The van der Waals surface area contributed by atoms with Gasteiger partial charge in [0.1, 0.15) is 17.3 Å². The summed E-state index contributed by atoms with van der Waals surface area (Å²) in [5.74, 6) is 3.14. The van der Waals surface area contributed by atoms with Crippen LogP contribution in [0.3, 0.4) is 0 Å². The first kappa shape index (κ1) is 36.0. The minimum atomic E-state index is -4.00. The third kappa shape index (κ3) is 9.75. The lowest BCUT2D eigenvalue weighted by atomic mass is 9.78. The molecule has 0 N–H and O–H groups in total. The van der Waals surface area contributed by atoms with Crippen molar-refractivity contribution in [3.8, 4) is 23.8 Å². The van der Waals surface area contributed by atoms with E-state index in [0.717, 1.165) is 23.3 Å². The van der Waals surface area contributed by atoms with Gasteiger partial charge in [-0.25, -0.2) is 8.42 Å². The lowest BCUT2D eigenvalue weighted by Crippen LogP contribution is -2.40. The number of benzene rings is 3. The number of anilines is 1. The maximum absolute atomic E-state index is 13.2. The van der Waals surface area contributed by atoms with Gasteiger partial charge in [0.05, 0.1) is 16.6 Å². The van der Waals surface area contributed by atoms with E-state index in [-0.39, 0.29) is 41.9 Å². The summed E-state index contributed by atoms with van der Waals surface area (Å²) < 4.78 is 62.9. The first-order valence-corrected chi connectivity index (χ1v) is 18.6. The molecule has 0 unspecified atom stereocenters. The Bertz CT molecular complexity index is 1670. The van der Waals surface area contributed by atoms with Gasteiger partial charge in [-0.1, -0.05) is 63.4 Å². The fraction of sp³-hybridized carbons (Fsp3) is 0.444. The van der Waals surface area contributed by atoms with Crippen LogP contribution in [0.1, 0.15) is 78.0 Å². The van der Waals surface area contributed by atoms with Gasteiger partial charge >= 0.3 is 10.1 Å². The number of rotatable bonds is 16. The lowest BCUT2D eigenvalue weighted by molar-refractivity contribution is 0.242. The number of hydrogen-bond acceptors (Lipinski definition) is 7. The molecule has 244 valence electrons. The van der Waals surface area contributed by atoms with Crippen molar-refractivity contribution in [2.75, 3.05) is 29.5 Å². The monoisotopic (exact) mass is 653 g/mol. The van der Waals surface area contributed by atoms with E-state index < -0.39 is 24.7 Å². The second-order valence-corrected chi connectivity index (χ2v) is 17.1. The zero-order chi connectivity index (χ0) is 33.5. The fourth-order valence-corrected chi connectivity index (χ4v) is 7.61. The van der Waals surface area contributed by atoms with Crippen LogP contribution in [0.15, 0.2) is 72.8 Å². The Hall–Kier alpha value is -3.48. The van der Waals surface area contributed by atoms with Crippen molar-refractivity contribution in [2.24, 2.45) is 0 Å². The van der Waals surface area contributed by atoms with Crippen molar-refractivity contribution in [1.29, 1.82) is 0 Å². The zero-order valence-corrected chi connectivity index (χ0v) is 29.2. The highest BCUT2D eigenvalue weighted by atomic mass is 32.2.